The largest absolute Gasteiger partial charge is 0.484 e. The van der Waals surface area contributed by atoms with Crippen molar-refractivity contribution in [3.05, 3.63) is 53.7 Å². The first-order chi connectivity index (χ1) is 13.5. The minimum absolute atomic E-state index is 0.0310. The second-order valence-electron chi connectivity index (χ2n) is 8.66. The smallest absolute Gasteiger partial charge is 0.257 e. The number of rotatable bonds is 5. The molecule has 5 heteroatoms. The average molecular weight is 383 g/mol. The summed E-state index contributed by atoms with van der Waals surface area (Å²) in [5.41, 5.74) is 2.46. The van der Waals surface area contributed by atoms with Crippen LogP contribution in [-0.4, -0.2) is 41.3 Å². The summed E-state index contributed by atoms with van der Waals surface area (Å²) in [5.74, 6) is 1.88. The lowest BCUT2D eigenvalue weighted by Gasteiger charge is -2.39. The third-order valence-electron chi connectivity index (χ3n) is 6.24. The maximum absolute atomic E-state index is 9.60. The molecule has 150 valence electrons. The second-order valence-corrected chi connectivity index (χ2v) is 8.66. The molecule has 0 radical (unpaired) electrons. The molecule has 2 aromatic rings. The SMILES string of the molecule is CC(C)(CO)C1CCN(Cc2ccc(C3COc4cccnc4O3)cc2)CC1. The topological polar surface area (TPSA) is 54.8 Å². The van der Waals surface area contributed by atoms with Gasteiger partial charge in [0, 0.05) is 19.3 Å². The van der Waals surface area contributed by atoms with E-state index in [1.165, 1.54) is 5.56 Å². The van der Waals surface area contributed by atoms with Gasteiger partial charge in [-0.15, -0.1) is 0 Å². The van der Waals surface area contributed by atoms with Crippen LogP contribution in [0.4, 0.5) is 0 Å². The Labute approximate surface area is 167 Å². The molecule has 1 saturated heterocycles. The van der Waals surface area contributed by atoms with E-state index < -0.39 is 0 Å². The summed E-state index contributed by atoms with van der Waals surface area (Å²) >= 11 is 0. The molecule has 1 unspecified atom stereocenters. The van der Waals surface area contributed by atoms with Crippen LogP contribution in [-0.2, 0) is 6.54 Å². The van der Waals surface area contributed by atoms with Gasteiger partial charge < -0.3 is 14.6 Å². The van der Waals surface area contributed by atoms with Gasteiger partial charge in [-0.2, -0.15) is 0 Å². The molecule has 2 aliphatic heterocycles. The number of nitrogens with zero attached hydrogens (tertiary/aromatic N) is 2. The standard InChI is InChI=1S/C23H30N2O3/c1-23(2,16-26)19-9-12-25(13-10-19)14-17-5-7-18(8-6-17)21-15-27-20-4-3-11-24-22(20)28-21/h3-8,11,19,21,26H,9-10,12-16H2,1-2H3. The molecule has 2 aliphatic rings. The molecule has 1 aromatic heterocycles. The van der Waals surface area contributed by atoms with Gasteiger partial charge in [-0.25, -0.2) is 4.98 Å². The molecule has 4 rings (SSSR count). The molecule has 1 aromatic carbocycles. The van der Waals surface area contributed by atoms with Crippen LogP contribution in [0.1, 0.15) is 43.9 Å². The molecule has 0 amide bonds. The predicted molar refractivity (Wildman–Crippen MR) is 108 cm³/mol. The highest BCUT2D eigenvalue weighted by Gasteiger charge is 2.32. The van der Waals surface area contributed by atoms with Crippen LogP contribution in [0.2, 0.25) is 0 Å². The van der Waals surface area contributed by atoms with Crippen molar-refractivity contribution < 1.29 is 14.6 Å². The van der Waals surface area contributed by atoms with Gasteiger partial charge in [-0.1, -0.05) is 38.1 Å². The first-order valence-electron chi connectivity index (χ1n) is 10.2. The zero-order chi connectivity index (χ0) is 19.6. The zero-order valence-electron chi connectivity index (χ0n) is 16.8. The number of hydrogen-bond acceptors (Lipinski definition) is 5. The summed E-state index contributed by atoms with van der Waals surface area (Å²) < 4.78 is 11.8. The van der Waals surface area contributed by atoms with Crippen LogP contribution in [0.15, 0.2) is 42.6 Å². The van der Waals surface area contributed by atoms with Crippen molar-refractivity contribution in [3.8, 4) is 11.6 Å². The Kier molecular flexibility index (Phi) is 5.56. The summed E-state index contributed by atoms with van der Waals surface area (Å²) in [6.45, 7) is 8.29. The van der Waals surface area contributed by atoms with Crippen molar-refractivity contribution in [1.82, 2.24) is 9.88 Å². The van der Waals surface area contributed by atoms with Crippen molar-refractivity contribution >= 4 is 0 Å². The summed E-state index contributed by atoms with van der Waals surface area (Å²) in [5, 5.41) is 9.60. The summed E-state index contributed by atoms with van der Waals surface area (Å²) in [6, 6.07) is 12.4. The Morgan fingerprint density at radius 2 is 1.89 bits per heavy atom. The van der Waals surface area contributed by atoms with Crippen molar-refractivity contribution in [2.75, 3.05) is 26.3 Å². The minimum Gasteiger partial charge on any atom is -0.484 e. The Hall–Kier alpha value is -2.11. The maximum Gasteiger partial charge on any atom is 0.257 e. The number of fused-ring (bicyclic) bond motifs is 1. The average Bonchev–Trinajstić information content (AvgIpc) is 2.74. The number of pyridine rings is 1. The Balaban J connectivity index is 1.32. The van der Waals surface area contributed by atoms with Gasteiger partial charge in [-0.05, 0) is 60.5 Å². The zero-order valence-corrected chi connectivity index (χ0v) is 16.8. The molecule has 28 heavy (non-hydrogen) atoms. The monoisotopic (exact) mass is 382 g/mol. The second kappa shape index (κ2) is 8.10. The van der Waals surface area contributed by atoms with Gasteiger partial charge in [0.25, 0.3) is 5.88 Å². The number of hydrogen-bond donors (Lipinski definition) is 1. The number of aromatic nitrogens is 1. The highest BCUT2D eigenvalue weighted by molar-refractivity contribution is 5.35. The first-order valence-corrected chi connectivity index (χ1v) is 10.2. The van der Waals surface area contributed by atoms with Crippen LogP contribution in [0.5, 0.6) is 11.6 Å². The molecular formula is C23H30N2O3. The molecule has 0 saturated carbocycles. The molecule has 1 fully saturated rings. The molecular weight excluding hydrogens is 352 g/mol. The van der Waals surface area contributed by atoms with Gasteiger partial charge in [-0.3, -0.25) is 4.90 Å². The molecule has 1 atom stereocenters. The molecule has 1 N–H and O–H groups in total. The lowest BCUT2D eigenvalue weighted by atomic mass is 9.74. The molecule has 5 nitrogen and oxygen atoms in total. The van der Waals surface area contributed by atoms with E-state index in [1.54, 1.807) is 6.20 Å². The summed E-state index contributed by atoms with van der Waals surface area (Å²) in [6.07, 6.45) is 3.92. The van der Waals surface area contributed by atoms with Gasteiger partial charge in [0.2, 0.25) is 0 Å². The van der Waals surface area contributed by atoms with Crippen molar-refractivity contribution in [2.24, 2.45) is 11.3 Å². The fraction of sp³-hybridized carbons (Fsp3) is 0.522. The Bertz CT molecular complexity index is 783. The minimum atomic E-state index is -0.118. The van der Waals surface area contributed by atoms with E-state index in [2.05, 4.69) is 48.0 Å². The highest BCUT2D eigenvalue weighted by Crippen LogP contribution is 2.35. The highest BCUT2D eigenvalue weighted by atomic mass is 16.6. The Morgan fingerprint density at radius 3 is 2.61 bits per heavy atom. The van der Waals surface area contributed by atoms with Gasteiger partial charge >= 0.3 is 0 Å². The number of ether oxygens (including phenoxy) is 2. The first kappa shape index (κ1) is 19.2. The third kappa shape index (κ3) is 4.15. The third-order valence-corrected chi connectivity index (χ3v) is 6.24. The number of benzene rings is 1. The predicted octanol–water partition coefficient (Wildman–Crippen LogP) is 3.82. The normalized spacial score (nSPS) is 20.9. The van der Waals surface area contributed by atoms with E-state index in [0.717, 1.165) is 38.0 Å². The van der Waals surface area contributed by atoms with Crippen LogP contribution in [0.3, 0.4) is 0 Å². The Morgan fingerprint density at radius 1 is 1.14 bits per heavy atom. The van der Waals surface area contributed by atoms with E-state index in [4.69, 9.17) is 9.47 Å². The number of likely N-dealkylation sites (tertiary alicyclic amines) is 1. The molecule has 0 aliphatic carbocycles. The molecule has 0 spiro atoms. The lowest BCUT2D eigenvalue weighted by Crippen LogP contribution is -2.39. The van der Waals surface area contributed by atoms with Crippen molar-refractivity contribution in [2.45, 2.75) is 39.3 Å². The van der Waals surface area contributed by atoms with Gasteiger partial charge in [0.05, 0.1) is 0 Å². The number of aliphatic hydroxyl groups excluding tert-OH is 1. The van der Waals surface area contributed by atoms with Crippen LogP contribution < -0.4 is 9.47 Å². The summed E-state index contributed by atoms with van der Waals surface area (Å²) in [7, 11) is 0. The fourth-order valence-electron chi connectivity index (χ4n) is 4.17. The fourth-order valence-corrected chi connectivity index (χ4v) is 4.17. The van der Waals surface area contributed by atoms with E-state index in [1.807, 2.05) is 12.1 Å². The molecule has 3 heterocycles. The molecule has 0 bridgehead atoms. The van der Waals surface area contributed by atoms with Gasteiger partial charge in [0.1, 0.15) is 6.61 Å². The number of piperidine rings is 1. The lowest BCUT2D eigenvalue weighted by molar-refractivity contribution is 0.0472. The van der Waals surface area contributed by atoms with E-state index in [0.29, 0.717) is 24.2 Å². The number of aliphatic hydroxyl groups is 1. The quantitative estimate of drug-likeness (QED) is 0.852. The van der Waals surface area contributed by atoms with Crippen molar-refractivity contribution in [1.29, 1.82) is 0 Å². The van der Waals surface area contributed by atoms with Gasteiger partial charge in [0.15, 0.2) is 11.9 Å². The van der Waals surface area contributed by atoms with E-state index in [9.17, 15) is 5.11 Å². The van der Waals surface area contributed by atoms with Crippen LogP contribution in [0, 0.1) is 11.3 Å². The van der Waals surface area contributed by atoms with Crippen molar-refractivity contribution in [3.63, 3.8) is 0 Å². The van der Waals surface area contributed by atoms with E-state index >= 15 is 0 Å². The van der Waals surface area contributed by atoms with Crippen LogP contribution >= 0.6 is 0 Å². The maximum atomic E-state index is 9.60. The van der Waals surface area contributed by atoms with Crippen LogP contribution in [0.25, 0.3) is 0 Å². The summed E-state index contributed by atoms with van der Waals surface area (Å²) in [4.78, 5) is 6.76. The van der Waals surface area contributed by atoms with E-state index in [-0.39, 0.29) is 18.1 Å².